The predicted molar refractivity (Wildman–Crippen MR) is 92.7 cm³/mol. The Morgan fingerprint density at radius 2 is 1.75 bits per heavy atom. The van der Waals surface area contributed by atoms with Crippen LogP contribution in [0.1, 0.15) is 27.0 Å². The third-order valence-electron chi connectivity index (χ3n) is 3.71. The molecule has 2 rings (SSSR count). The van der Waals surface area contributed by atoms with Gasteiger partial charge >= 0.3 is 0 Å². The summed E-state index contributed by atoms with van der Waals surface area (Å²) in [6, 6.07) is 14.2. The highest BCUT2D eigenvalue weighted by atomic mass is 16.2. The van der Waals surface area contributed by atoms with Gasteiger partial charge in [0.15, 0.2) is 0 Å². The number of likely N-dealkylation sites (N-methyl/N-ethyl adjacent to an activating group) is 1. The molecule has 0 aliphatic heterocycles. The number of carbonyl (C=O) groups excluding carboxylic acids is 2. The lowest BCUT2D eigenvalue weighted by Gasteiger charge is -2.18. The van der Waals surface area contributed by atoms with E-state index in [1.54, 1.807) is 25.2 Å². The normalized spacial score (nSPS) is 9.92. The molecule has 0 saturated heterocycles. The number of nitrogens with zero attached hydrogens (tertiary/aromatic N) is 2. The summed E-state index contributed by atoms with van der Waals surface area (Å²) in [6.45, 7) is 3.78. The van der Waals surface area contributed by atoms with Gasteiger partial charge in [-0.1, -0.05) is 24.3 Å². The van der Waals surface area contributed by atoms with Gasteiger partial charge in [-0.3, -0.25) is 9.59 Å². The van der Waals surface area contributed by atoms with Crippen LogP contribution in [0.15, 0.2) is 42.5 Å². The summed E-state index contributed by atoms with van der Waals surface area (Å²) < 4.78 is 0. The highest BCUT2D eigenvalue weighted by Gasteiger charge is 2.16. The molecule has 0 aromatic heterocycles. The fourth-order valence-corrected chi connectivity index (χ4v) is 2.42. The summed E-state index contributed by atoms with van der Waals surface area (Å²) in [7, 11) is 1.56. The number of hydrogen-bond acceptors (Lipinski definition) is 3. The van der Waals surface area contributed by atoms with Crippen LogP contribution in [-0.4, -0.2) is 30.3 Å². The molecular weight excluding hydrogens is 302 g/mol. The molecule has 0 radical (unpaired) electrons. The summed E-state index contributed by atoms with van der Waals surface area (Å²) in [4.78, 5) is 25.9. The molecule has 0 heterocycles. The molecule has 2 aromatic carbocycles. The van der Waals surface area contributed by atoms with Crippen molar-refractivity contribution in [3.63, 3.8) is 0 Å². The highest BCUT2D eigenvalue weighted by molar-refractivity contribution is 5.99. The van der Waals surface area contributed by atoms with Crippen LogP contribution in [0.3, 0.4) is 0 Å². The van der Waals surface area contributed by atoms with Crippen LogP contribution in [0.5, 0.6) is 0 Å². The van der Waals surface area contributed by atoms with E-state index in [1.165, 1.54) is 11.0 Å². The minimum Gasteiger partial charge on any atom is -0.332 e. The quantitative estimate of drug-likeness (QED) is 0.941. The van der Waals surface area contributed by atoms with Crippen molar-refractivity contribution in [2.24, 2.45) is 0 Å². The van der Waals surface area contributed by atoms with Crippen LogP contribution >= 0.6 is 0 Å². The van der Waals surface area contributed by atoms with Crippen molar-refractivity contribution >= 4 is 17.5 Å². The molecule has 5 nitrogen and oxygen atoms in total. The Morgan fingerprint density at radius 1 is 1.12 bits per heavy atom. The molecule has 0 unspecified atom stereocenters. The second-order valence-corrected chi connectivity index (χ2v) is 5.67. The van der Waals surface area contributed by atoms with E-state index >= 15 is 0 Å². The molecule has 0 atom stereocenters. The average Bonchev–Trinajstić information content (AvgIpc) is 2.57. The summed E-state index contributed by atoms with van der Waals surface area (Å²) in [5, 5.41) is 11.8. The second kappa shape index (κ2) is 7.42. The molecule has 2 aromatic rings. The number of benzene rings is 2. The number of amides is 2. The lowest BCUT2D eigenvalue weighted by Crippen LogP contribution is -2.35. The Balaban J connectivity index is 2.06. The lowest BCUT2D eigenvalue weighted by atomic mass is 10.1. The molecule has 0 fully saturated rings. The molecule has 5 heteroatoms. The minimum atomic E-state index is -0.302. The zero-order valence-corrected chi connectivity index (χ0v) is 14.0. The molecule has 0 aliphatic rings. The SMILES string of the molecule is Cc1cccc(C)c1NC(=O)CN(C)C(=O)c1cccc(C#N)c1. The maximum atomic E-state index is 12.4. The van der Waals surface area contributed by atoms with E-state index in [1.807, 2.05) is 38.1 Å². The fourth-order valence-electron chi connectivity index (χ4n) is 2.42. The van der Waals surface area contributed by atoms with Gasteiger partial charge in [-0.05, 0) is 43.2 Å². The standard InChI is InChI=1S/C19H19N3O2/c1-13-6-4-7-14(2)18(13)21-17(23)12-22(3)19(24)16-9-5-8-15(10-16)11-20/h4-10H,12H2,1-3H3,(H,21,23). The highest BCUT2D eigenvalue weighted by Crippen LogP contribution is 2.19. The van der Waals surface area contributed by atoms with Crippen molar-refractivity contribution in [2.45, 2.75) is 13.8 Å². The predicted octanol–water partition coefficient (Wildman–Crippen LogP) is 2.89. The van der Waals surface area contributed by atoms with Gasteiger partial charge in [0.25, 0.3) is 5.91 Å². The van der Waals surface area contributed by atoms with Gasteiger partial charge in [0.2, 0.25) is 5.91 Å². The summed E-state index contributed by atoms with van der Waals surface area (Å²) in [6.07, 6.45) is 0. The first-order valence-corrected chi connectivity index (χ1v) is 7.54. The topological polar surface area (TPSA) is 73.2 Å². The summed E-state index contributed by atoms with van der Waals surface area (Å²) in [5.74, 6) is -0.566. The van der Waals surface area contributed by atoms with Gasteiger partial charge in [-0.2, -0.15) is 5.26 Å². The van der Waals surface area contributed by atoms with E-state index in [9.17, 15) is 9.59 Å². The molecule has 0 spiro atoms. The van der Waals surface area contributed by atoms with Gasteiger partial charge in [-0.25, -0.2) is 0 Å². The number of nitrogens with one attached hydrogen (secondary N) is 1. The Morgan fingerprint density at radius 3 is 2.38 bits per heavy atom. The minimum absolute atomic E-state index is 0.0661. The van der Waals surface area contributed by atoms with E-state index in [2.05, 4.69) is 5.32 Å². The van der Waals surface area contributed by atoms with Crippen LogP contribution < -0.4 is 5.32 Å². The van der Waals surface area contributed by atoms with Crippen LogP contribution in [-0.2, 0) is 4.79 Å². The van der Waals surface area contributed by atoms with Gasteiger partial charge in [0.05, 0.1) is 18.2 Å². The van der Waals surface area contributed by atoms with Crippen molar-refractivity contribution in [3.8, 4) is 6.07 Å². The van der Waals surface area contributed by atoms with Crippen molar-refractivity contribution in [1.82, 2.24) is 4.90 Å². The Hall–Kier alpha value is -3.13. The zero-order chi connectivity index (χ0) is 17.7. The number of carbonyl (C=O) groups is 2. The lowest BCUT2D eigenvalue weighted by molar-refractivity contribution is -0.116. The second-order valence-electron chi connectivity index (χ2n) is 5.67. The Bertz CT molecular complexity index is 801. The Labute approximate surface area is 141 Å². The molecule has 122 valence electrons. The average molecular weight is 321 g/mol. The smallest absolute Gasteiger partial charge is 0.254 e. The molecule has 24 heavy (non-hydrogen) atoms. The van der Waals surface area contributed by atoms with Crippen molar-refractivity contribution in [2.75, 3.05) is 18.9 Å². The number of anilines is 1. The monoisotopic (exact) mass is 321 g/mol. The van der Waals surface area contributed by atoms with Crippen LogP contribution in [0.2, 0.25) is 0 Å². The van der Waals surface area contributed by atoms with E-state index in [0.717, 1.165) is 16.8 Å². The third kappa shape index (κ3) is 3.99. The largest absolute Gasteiger partial charge is 0.332 e. The van der Waals surface area contributed by atoms with Crippen molar-refractivity contribution in [1.29, 1.82) is 5.26 Å². The van der Waals surface area contributed by atoms with E-state index in [0.29, 0.717) is 11.1 Å². The van der Waals surface area contributed by atoms with Gasteiger partial charge in [0, 0.05) is 18.3 Å². The van der Waals surface area contributed by atoms with E-state index in [-0.39, 0.29) is 18.4 Å². The first-order chi connectivity index (χ1) is 11.4. The van der Waals surface area contributed by atoms with Crippen LogP contribution in [0.4, 0.5) is 5.69 Å². The Kier molecular flexibility index (Phi) is 5.33. The van der Waals surface area contributed by atoms with Crippen LogP contribution in [0, 0.1) is 25.2 Å². The molecule has 0 saturated carbocycles. The van der Waals surface area contributed by atoms with Crippen molar-refractivity contribution in [3.05, 3.63) is 64.7 Å². The molecular formula is C19H19N3O2. The zero-order valence-electron chi connectivity index (χ0n) is 14.0. The molecule has 1 N–H and O–H groups in total. The number of rotatable bonds is 4. The number of nitriles is 1. The number of hydrogen-bond donors (Lipinski definition) is 1. The molecule has 2 amide bonds. The molecule has 0 bridgehead atoms. The van der Waals surface area contributed by atoms with Gasteiger partial charge in [0.1, 0.15) is 0 Å². The first kappa shape index (κ1) is 17.2. The van der Waals surface area contributed by atoms with E-state index in [4.69, 9.17) is 5.26 Å². The number of aryl methyl sites for hydroxylation is 2. The summed E-state index contributed by atoms with van der Waals surface area (Å²) >= 11 is 0. The van der Waals surface area contributed by atoms with Crippen molar-refractivity contribution < 1.29 is 9.59 Å². The third-order valence-corrected chi connectivity index (χ3v) is 3.71. The molecule has 0 aliphatic carbocycles. The summed E-state index contributed by atoms with van der Waals surface area (Å²) in [5.41, 5.74) is 3.51. The van der Waals surface area contributed by atoms with Gasteiger partial charge < -0.3 is 10.2 Å². The maximum absolute atomic E-state index is 12.4. The van der Waals surface area contributed by atoms with E-state index < -0.39 is 0 Å². The van der Waals surface area contributed by atoms with Crippen LogP contribution in [0.25, 0.3) is 0 Å². The first-order valence-electron chi connectivity index (χ1n) is 7.54. The maximum Gasteiger partial charge on any atom is 0.254 e. The van der Waals surface area contributed by atoms with Gasteiger partial charge in [-0.15, -0.1) is 0 Å². The number of para-hydroxylation sites is 1. The fraction of sp³-hybridized carbons (Fsp3) is 0.211.